The van der Waals surface area contributed by atoms with Crippen LogP contribution in [0, 0.1) is 6.07 Å². The Bertz CT molecular complexity index is 442. The topological polar surface area (TPSA) is 23.5 Å². The second-order valence-corrected chi connectivity index (χ2v) is 5.22. The number of aliphatic hydroxyl groups is 1. The van der Waals surface area contributed by atoms with E-state index in [0.29, 0.717) is 0 Å². The van der Waals surface area contributed by atoms with Gasteiger partial charge in [0.15, 0.2) is 0 Å². The molecule has 0 saturated heterocycles. The third kappa shape index (κ3) is 10.6. The van der Waals surface area contributed by atoms with Crippen molar-refractivity contribution in [2.24, 2.45) is 0 Å². The Morgan fingerprint density at radius 2 is 1.82 bits per heavy atom. The average Bonchev–Trinajstić information content (AvgIpc) is 2.76. The molecule has 0 spiro atoms. The van der Waals surface area contributed by atoms with Crippen LogP contribution in [0.4, 0.5) is 0 Å². The van der Waals surface area contributed by atoms with Gasteiger partial charge in [0.25, 0.3) is 0 Å². The Labute approximate surface area is 162 Å². The van der Waals surface area contributed by atoms with Gasteiger partial charge in [0.2, 0.25) is 0 Å². The van der Waals surface area contributed by atoms with Crippen LogP contribution in [-0.2, 0) is 21.7 Å². The number of hydrogen-bond acceptors (Lipinski definition) is 2. The van der Waals surface area contributed by atoms with Gasteiger partial charge in [0.1, 0.15) is 0 Å². The fourth-order valence-corrected chi connectivity index (χ4v) is 1.90. The third-order valence-corrected chi connectivity index (χ3v) is 2.55. The van der Waals surface area contributed by atoms with Crippen LogP contribution in [0.25, 0.3) is 5.57 Å². The van der Waals surface area contributed by atoms with E-state index >= 15 is 0 Å². The van der Waals surface area contributed by atoms with Crippen molar-refractivity contribution in [1.29, 1.82) is 0 Å². The normalized spacial score (nSPS) is 12.1. The molecular formula is C17H26Cl2NOTi-. The van der Waals surface area contributed by atoms with Crippen molar-refractivity contribution in [2.45, 2.75) is 26.4 Å². The zero-order chi connectivity index (χ0) is 14.3. The number of benzene rings is 1. The van der Waals surface area contributed by atoms with E-state index in [1.807, 2.05) is 12.1 Å². The summed E-state index contributed by atoms with van der Waals surface area (Å²) in [4.78, 5) is 2.20. The zero-order valence-electron chi connectivity index (χ0n) is 13.7. The third-order valence-electron chi connectivity index (χ3n) is 2.55. The molecule has 0 heterocycles. The van der Waals surface area contributed by atoms with Gasteiger partial charge in [-0.05, 0) is 34.4 Å². The number of rotatable bonds is 3. The molecule has 1 aromatic rings. The first-order valence-electron chi connectivity index (χ1n) is 6.69. The summed E-state index contributed by atoms with van der Waals surface area (Å²) in [6, 6.07) is 11.5. The number of hydrogen-bond donors (Lipinski definition) is 1. The smallest absolute Gasteiger partial charge is 0.0483 e. The van der Waals surface area contributed by atoms with Crippen LogP contribution in [0.15, 0.2) is 42.0 Å². The second-order valence-electron chi connectivity index (χ2n) is 5.22. The van der Waals surface area contributed by atoms with Crippen molar-refractivity contribution in [3.05, 3.63) is 53.6 Å². The summed E-state index contributed by atoms with van der Waals surface area (Å²) in [5, 5.41) is 8.06. The van der Waals surface area contributed by atoms with Crippen LogP contribution < -0.4 is 0 Å². The first-order valence-corrected chi connectivity index (χ1v) is 6.69. The van der Waals surface area contributed by atoms with E-state index in [9.17, 15) is 0 Å². The number of nitrogens with zero attached hydrogens (tertiary/aromatic N) is 1. The second kappa shape index (κ2) is 14.5. The molecule has 0 aliphatic heterocycles. The predicted molar refractivity (Wildman–Crippen MR) is 96.4 cm³/mol. The Kier molecular flexibility index (Phi) is 17.7. The van der Waals surface area contributed by atoms with Gasteiger partial charge in [-0.1, -0.05) is 17.7 Å². The van der Waals surface area contributed by atoms with Crippen molar-refractivity contribution in [3.63, 3.8) is 0 Å². The fraction of sp³-hybridized carbons (Fsp3) is 0.412. The van der Waals surface area contributed by atoms with Gasteiger partial charge in [0, 0.05) is 34.4 Å². The molecule has 0 atom stereocenters. The van der Waals surface area contributed by atoms with Crippen molar-refractivity contribution in [2.75, 3.05) is 20.6 Å². The van der Waals surface area contributed by atoms with Crippen LogP contribution in [0.3, 0.4) is 0 Å². The number of halogens is 2. The van der Waals surface area contributed by atoms with E-state index in [1.165, 1.54) is 16.7 Å². The van der Waals surface area contributed by atoms with Gasteiger partial charge in [-0.25, -0.2) is 0 Å². The van der Waals surface area contributed by atoms with Gasteiger partial charge in [0.05, 0.1) is 0 Å². The van der Waals surface area contributed by atoms with Crippen molar-refractivity contribution >= 4 is 30.4 Å². The van der Waals surface area contributed by atoms with Gasteiger partial charge in [-0.2, -0.15) is 0 Å². The predicted octanol–water partition coefficient (Wildman–Crippen LogP) is 3.99. The molecule has 0 aromatic heterocycles. The molecule has 0 bridgehead atoms. The van der Waals surface area contributed by atoms with Crippen LogP contribution >= 0.6 is 24.8 Å². The molecule has 22 heavy (non-hydrogen) atoms. The van der Waals surface area contributed by atoms with E-state index in [4.69, 9.17) is 5.11 Å². The quantitative estimate of drug-likeness (QED) is 0.634. The molecule has 1 aliphatic rings. The van der Waals surface area contributed by atoms with Crippen molar-refractivity contribution in [1.82, 2.24) is 4.90 Å². The van der Waals surface area contributed by atoms with Gasteiger partial charge >= 0.3 is 0 Å². The fourth-order valence-electron chi connectivity index (χ4n) is 1.90. The van der Waals surface area contributed by atoms with E-state index in [2.05, 4.69) is 49.3 Å². The zero-order valence-corrected chi connectivity index (χ0v) is 16.9. The molecule has 5 heteroatoms. The Morgan fingerprint density at radius 3 is 2.27 bits per heavy atom. The van der Waals surface area contributed by atoms with E-state index in [1.54, 1.807) is 13.8 Å². The summed E-state index contributed by atoms with van der Waals surface area (Å²) in [5.74, 6) is 0. The molecule has 2 nitrogen and oxygen atoms in total. The molecule has 1 aliphatic carbocycles. The summed E-state index contributed by atoms with van der Waals surface area (Å²) in [6.45, 7) is 4.45. The van der Waals surface area contributed by atoms with E-state index in [-0.39, 0.29) is 52.6 Å². The van der Waals surface area contributed by atoms with Gasteiger partial charge < -0.3 is 10.0 Å². The maximum absolute atomic E-state index is 8.06. The molecule has 2 rings (SSSR count). The SMILES string of the molecule is CC(C)O.CN(C)CC1=C(c2[c-]cccc2)CC=C1.Cl.Cl.[Ti]. The van der Waals surface area contributed by atoms with Crippen LogP contribution in [0.1, 0.15) is 25.8 Å². The standard InChI is InChI=1S/C14H16N.C3H8O.2ClH.Ti/c1-15(2)11-13-9-6-10-14(13)12-7-4-3-5-8-12;1-3(2)4;;;/h3-7,9H,10-11H2,1-2H3;3-4H,1-2H3;2*1H;/q-1;;;;. The first-order chi connectivity index (χ1) is 9.00. The van der Waals surface area contributed by atoms with Crippen LogP contribution in [0.5, 0.6) is 0 Å². The summed E-state index contributed by atoms with van der Waals surface area (Å²) >= 11 is 0. The Balaban J connectivity index is -0.000000466. The number of aliphatic hydroxyl groups excluding tert-OH is 1. The average molecular weight is 379 g/mol. The largest absolute Gasteiger partial charge is 0.394 e. The van der Waals surface area contributed by atoms with Crippen molar-refractivity contribution in [3.8, 4) is 0 Å². The summed E-state index contributed by atoms with van der Waals surface area (Å²) < 4.78 is 0. The summed E-state index contributed by atoms with van der Waals surface area (Å²) in [6.07, 6.45) is 5.34. The monoisotopic (exact) mass is 378 g/mol. The molecule has 0 saturated carbocycles. The summed E-state index contributed by atoms with van der Waals surface area (Å²) in [5.41, 5.74) is 4.08. The maximum Gasteiger partial charge on any atom is 0.0483 e. The minimum absolute atomic E-state index is 0. The van der Waals surface area contributed by atoms with Gasteiger partial charge in [-0.3, -0.25) is 0 Å². The molecule has 1 N–H and O–H groups in total. The van der Waals surface area contributed by atoms with Crippen LogP contribution in [-0.4, -0.2) is 36.8 Å². The molecule has 124 valence electrons. The molecule has 1 aromatic carbocycles. The Hall–Kier alpha value is -0.0857. The van der Waals surface area contributed by atoms with Crippen LogP contribution in [0.2, 0.25) is 0 Å². The molecule has 0 unspecified atom stereocenters. The Morgan fingerprint density at radius 1 is 1.23 bits per heavy atom. The van der Waals surface area contributed by atoms with E-state index < -0.39 is 0 Å². The number of allylic oxidation sites excluding steroid dienone is 2. The molecular weight excluding hydrogens is 353 g/mol. The summed E-state index contributed by atoms with van der Waals surface area (Å²) in [7, 11) is 4.21. The minimum Gasteiger partial charge on any atom is -0.394 e. The maximum atomic E-state index is 8.06. The molecule has 0 fully saturated rings. The molecule has 0 radical (unpaired) electrons. The van der Waals surface area contributed by atoms with Gasteiger partial charge in [-0.15, -0.1) is 66.3 Å². The first kappa shape index (κ1) is 26.8. The van der Waals surface area contributed by atoms with E-state index in [0.717, 1.165) is 13.0 Å². The number of likely N-dealkylation sites (N-methyl/N-ethyl adjacent to an activating group) is 1. The van der Waals surface area contributed by atoms with Crippen molar-refractivity contribution < 1.29 is 26.8 Å². The minimum atomic E-state index is -0.167. The molecule has 0 amide bonds.